The molecule has 0 aliphatic heterocycles. The summed E-state index contributed by atoms with van der Waals surface area (Å²) in [6.45, 7) is 3.14. The average Bonchev–Trinajstić information content (AvgIpc) is 2.47. The predicted molar refractivity (Wildman–Crippen MR) is 74.3 cm³/mol. The summed E-state index contributed by atoms with van der Waals surface area (Å²) in [5, 5.41) is 11.5. The van der Waals surface area contributed by atoms with Crippen LogP contribution in [-0.2, 0) is 11.2 Å². The van der Waals surface area contributed by atoms with E-state index in [-0.39, 0.29) is 5.84 Å². The van der Waals surface area contributed by atoms with Gasteiger partial charge in [-0.15, -0.1) is 0 Å². The summed E-state index contributed by atoms with van der Waals surface area (Å²) in [5.41, 5.74) is 6.69. The summed E-state index contributed by atoms with van der Waals surface area (Å²) < 4.78 is 5.09. The largest absolute Gasteiger partial charge is 0.409 e. The Morgan fingerprint density at radius 1 is 1.47 bits per heavy atom. The van der Waals surface area contributed by atoms with Crippen molar-refractivity contribution in [2.75, 3.05) is 33.4 Å². The van der Waals surface area contributed by atoms with Gasteiger partial charge in [-0.2, -0.15) is 0 Å². The number of nitrogens with two attached hydrogens (primary N) is 1. The second-order valence-electron chi connectivity index (χ2n) is 4.29. The summed E-state index contributed by atoms with van der Waals surface area (Å²) in [4.78, 5) is 6.33. The molecule has 0 spiro atoms. The fourth-order valence-electron chi connectivity index (χ4n) is 1.71. The maximum atomic E-state index is 8.54. The topological polar surface area (TPSA) is 84.0 Å². The van der Waals surface area contributed by atoms with Crippen LogP contribution in [0.4, 0.5) is 0 Å². The van der Waals surface area contributed by atoms with Gasteiger partial charge in [0.15, 0.2) is 0 Å². The first-order chi connectivity index (χ1) is 9.26. The molecule has 106 valence electrons. The Bertz CT molecular complexity index is 370. The molecule has 0 saturated carbocycles. The smallest absolute Gasteiger partial charge is 0.140 e. The van der Waals surface area contributed by atoms with Gasteiger partial charge in [-0.05, 0) is 18.1 Å². The van der Waals surface area contributed by atoms with E-state index in [0.29, 0.717) is 13.0 Å². The van der Waals surface area contributed by atoms with Crippen LogP contribution in [0.3, 0.4) is 0 Å². The van der Waals surface area contributed by atoms with Crippen molar-refractivity contribution in [3.05, 3.63) is 30.1 Å². The van der Waals surface area contributed by atoms with Crippen molar-refractivity contribution in [1.29, 1.82) is 0 Å². The first-order valence-electron chi connectivity index (χ1n) is 6.33. The highest BCUT2D eigenvalue weighted by molar-refractivity contribution is 5.79. The third-order valence-electron chi connectivity index (χ3n) is 2.86. The number of nitrogens with zero attached hydrogens (tertiary/aromatic N) is 3. The minimum Gasteiger partial charge on any atom is -0.409 e. The molecule has 0 saturated heterocycles. The molecule has 6 heteroatoms. The second kappa shape index (κ2) is 9.29. The molecule has 0 amide bonds. The number of hydrogen-bond donors (Lipinski definition) is 2. The third-order valence-corrected chi connectivity index (χ3v) is 2.86. The molecule has 0 unspecified atom stereocenters. The molecule has 0 bridgehead atoms. The second-order valence-corrected chi connectivity index (χ2v) is 4.29. The molecular formula is C13H22N4O2. The fourth-order valence-corrected chi connectivity index (χ4v) is 1.71. The molecule has 1 heterocycles. The maximum absolute atomic E-state index is 8.54. The first-order valence-corrected chi connectivity index (χ1v) is 6.33. The summed E-state index contributed by atoms with van der Waals surface area (Å²) in [6, 6.07) is 4.00. The van der Waals surface area contributed by atoms with Gasteiger partial charge in [-0.1, -0.05) is 11.2 Å². The number of ether oxygens (including phenoxy) is 1. The van der Waals surface area contributed by atoms with Crippen LogP contribution < -0.4 is 5.73 Å². The lowest BCUT2D eigenvalue weighted by Crippen LogP contribution is -2.33. The normalized spacial score (nSPS) is 12.0. The van der Waals surface area contributed by atoms with Gasteiger partial charge in [0.1, 0.15) is 5.84 Å². The molecule has 0 aliphatic rings. The van der Waals surface area contributed by atoms with Gasteiger partial charge in [-0.25, -0.2) is 0 Å². The molecule has 0 fully saturated rings. The molecule has 0 radical (unpaired) electrons. The van der Waals surface area contributed by atoms with E-state index in [1.807, 2.05) is 12.3 Å². The van der Waals surface area contributed by atoms with E-state index in [0.717, 1.165) is 26.1 Å². The van der Waals surface area contributed by atoms with E-state index in [1.54, 1.807) is 13.3 Å². The Balaban J connectivity index is 2.40. The highest BCUT2D eigenvalue weighted by Crippen LogP contribution is 2.01. The van der Waals surface area contributed by atoms with Crippen molar-refractivity contribution in [2.24, 2.45) is 10.9 Å². The lowest BCUT2D eigenvalue weighted by molar-refractivity contribution is 0.149. The number of hydrogen-bond acceptors (Lipinski definition) is 5. The van der Waals surface area contributed by atoms with Crippen LogP contribution in [0.1, 0.15) is 12.0 Å². The van der Waals surface area contributed by atoms with E-state index in [2.05, 4.69) is 21.1 Å². The van der Waals surface area contributed by atoms with E-state index in [9.17, 15) is 0 Å². The van der Waals surface area contributed by atoms with Crippen LogP contribution in [0.2, 0.25) is 0 Å². The van der Waals surface area contributed by atoms with Crippen LogP contribution in [0.25, 0.3) is 0 Å². The van der Waals surface area contributed by atoms with Gasteiger partial charge in [0.25, 0.3) is 0 Å². The minimum absolute atomic E-state index is 0.254. The van der Waals surface area contributed by atoms with E-state index >= 15 is 0 Å². The highest BCUT2D eigenvalue weighted by atomic mass is 16.5. The van der Waals surface area contributed by atoms with Gasteiger partial charge in [-0.3, -0.25) is 4.98 Å². The Labute approximate surface area is 113 Å². The van der Waals surface area contributed by atoms with Crippen molar-refractivity contribution in [3.8, 4) is 0 Å². The average molecular weight is 266 g/mol. The molecule has 6 nitrogen and oxygen atoms in total. The molecule has 0 atom stereocenters. The molecule has 3 N–H and O–H groups in total. The van der Waals surface area contributed by atoms with Gasteiger partial charge in [0.2, 0.25) is 0 Å². The van der Waals surface area contributed by atoms with Crippen molar-refractivity contribution in [1.82, 2.24) is 9.88 Å². The summed E-state index contributed by atoms with van der Waals surface area (Å²) in [7, 11) is 1.68. The van der Waals surface area contributed by atoms with Crippen LogP contribution in [0, 0.1) is 0 Å². The molecule has 0 aliphatic carbocycles. The lowest BCUT2D eigenvalue weighted by atomic mass is 10.2. The number of oxime groups is 1. The Kier molecular flexibility index (Phi) is 7.53. The molecule has 19 heavy (non-hydrogen) atoms. The van der Waals surface area contributed by atoms with Crippen LogP contribution in [-0.4, -0.2) is 54.3 Å². The SMILES string of the molecule is COCCN(CCC(N)=NO)CCc1cccnc1. The molecule has 0 aromatic carbocycles. The molecule has 1 aromatic heterocycles. The van der Waals surface area contributed by atoms with Crippen molar-refractivity contribution in [2.45, 2.75) is 12.8 Å². The number of pyridine rings is 1. The highest BCUT2D eigenvalue weighted by Gasteiger charge is 2.06. The third kappa shape index (κ3) is 6.73. The van der Waals surface area contributed by atoms with Gasteiger partial charge >= 0.3 is 0 Å². The van der Waals surface area contributed by atoms with Crippen molar-refractivity contribution < 1.29 is 9.94 Å². The molecular weight excluding hydrogens is 244 g/mol. The number of methoxy groups -OCH3 is 1. The monoisotopic (exact) mass is 266 g/mol. The van der Waals surface area contributed by atoms with Crippen molar-refractivity contribution >= 4 is 5.84 Å². The summed E-state index contributed by atoms with van der Waals surface area (Å²) in [5.74, 6) is 0.254. The van der Waals surface area contributed by atoms with E-state index in [1.165, 1.54) is 5.56 Å². The van der Waals surface area contributed by atoms with E-state index < -0.39 is 0 Å². The lowest BCUT2D eigenvalue weighted by Gasteiger charge is -2.21. The zero-order valence-electron chi connectivity index (χ0n) is 11.3. The Morgan fingerprint density at radius 3 is 2.95 bits per heavy atom. The molecule has 1 rings (SSSR count). The van der Waals surface area contributed by atoms with Gasteiger partial charge in [0.05, 0.1) is 6.61 Å². The number of rotatable bonds is 9. The van der Waals surface area contributed by atoms with Gasteiger partial charge in [0, 0.05) is 45.6 Å². The quantitative estimate of drug-likeness (QED) is 0.298. The first kappa shape index (κ1) is 15.4. The van der Waals surface area contributed by atoms with Crippen LogP contribution in [0.15, 0.2) is 29.7 Å². The number of amidine groups is 1. The van der Waals surface area contributed by atoms with Gasteiger partial charge < -0.3 is 20.6 Å². The molecule has 1 aromatic rings. The summed E-state index contributed by atoms with van der Waals surface area (Å²) >= 11 is 0. The maximum Gasteiger partial charge on any atom is 0.140 e. The van der Waals surface area contributed by atoms with Crippen LogP contribution in [0.5, 0.6) is 0 Å². The minimum atomic E-state index is 0.254. The fraction of sp³-hybridized carbons (Fsp3) is 0.538. The predicted octanol–water partition coefficient (Wildman–Crippen LogP) is 0.709. The Morgan fingerprint density at radius 2 is 2.32 bits per heavy atom. The summed E-state index contributed by atoms with van der Waals surface area (Å²) in [6.07, 6.45) is 5.11. The number of aromatic nitrogens is 1. The van der Waals surface area contributed by atoms with E-state index in [4.69, 9.17) is 15.7 Å². The zero-order chi connectivity index (χ0) is 13.9. The standard InChI is InChI=1S/C13H22N4O2/c1-19-10-9-17(8-5-13(14)16-18)7-4-12-3-2-6-15-11-12/h2-3,6,11,18H,4-5,7-10H2,1H3,(H2,14,16). The zero-order valence-corrected chi connectivity index (χ0v) is 11.3. The Hall–Kier alpha value is -1.66. The van der Waals surface area contributed by atoms with Crippen LogP contribution >= 0.6 is 0 Å². The van der Waals surface area contributed by atoms with Crippen molar-refractivity contribution in [3.63, 3.8) is 0 Å².